The van der Waals surface area contributed by atoms with Crippen molar-refractivity contribution in [3.63, 3.8) is 0 Å². The van der Waals surface area contributed by atoms with Crippen LogP contribution in [0.4, 0.5) is 0 Å². The topological polar surface area (TPSA) is 102 Å². The van der Waals surface area contributed by atoms with Gasteiger partial charge in [-0.05, 0) is 60.4 Å². The van der Waals surface area contributed by atoms with Gasteiger partial charge in [0, 0.05) is 26.1 Å². The maximum atomic E-state index is 10.5. The van der Waals surface area contributed by atoms with E-state index in [9.17, 15) is 10.2 Å². The Morgan fingerprint density at radius 2 is 1.36 bits per heavy atom. The molecule has 8 nitrogen and oxygen atoms in total. The van der Waals surface area contributed by atoms with Gasteiger partial charge in [0.25, 0.3) is 0 Å². The van der Waals surface area contributed by atoms with E-state index in [0.717, 1.165) is 53.4 Å². The molecule has 0 bridgehead atoms. The first-order valence-electron chi connectivity index (χ1n) is 12.8. The Morgan fingerprint density at radius 3 is 1.97 bits per heavy atom. The number of ether oxygens (including phenoxy) is 6. The Bertz CT molecular complexity index is 957. The standard InChI is InChI=1S/C28H38O8/c1-3-31-13-23(29)11-21-9-19(5-7-27(21)36-18-26-17-34-26)20-6-8-28(22(10-20)12-25-16-33-25)35-15-24(30)14-32-4-2/h5-10,23-26,29-30H,3-4,11-18H2,1-2H3/t23?,24?,25?,26-/m0/s1. The summed E-state index contributed by atoms with van der Waals surface area (Å²) in [5, 5.41) is 20.6. The molecule has 2 aliphatic heterocycles. The third kappa shape index (κ3) is 8.44. The molecule has 0 spiro atoms. The Labute approximate surface area is 213 Å². The molecule has 0 radical (unpaired) electrons. The first-order valence-corrected chi connectivity index (χ1v) is 12.8. The summed E-state index contributed by atoms with van der Waals surface area (Å²) in [7, 11) is 0. The molecule has 2 aliphatic rings. The lowest BCUT2D eigenvalue weighted by Crippen LogP contribution is -2.23. The number of benzene rings is 2. The zero-order valence-corrected chi connectivity index (χ0v) is 21.2. The molecular formula is C28H38O8. The average Bonchev–Trinajstić information content (AvgIpc) is 3.81. The predicted molar refractivity (Wildman–Crippen MR) is 135 cm³/mol. The molecule has 3 unspecified atom stereocenters. The normalized spacial score (nSPS) is 20.1. The first-order chi connectivity index (χ1) is 17.6. The van der Waals surface area contributed by atoms with Crippen LogP contribution in [0.5, 0.6) is 11.5 Å². The van der Waals surface area contributed by atoms with Crippen molar-refractivity contribution in [2.24, 2.45) is 0 Å². The molecule has 2 aromatic carbocycles. The van der Waals surface area contributed by atoms with Crippen LogP contribution < -0.4 is 9.47 Å². The van der Waals surface area contributed by atoms with E-state index in [2.05, 4.69) is 12.1 Å². The van der Waals surface area contributed by atoms with Crippen LogP contribution in [-0.2, 0) is 31.8 Å². The van der Waals surface area contributed by atoms with E-state index in [-0.39, 0.29) is 32.0 Å². The SMILES string of the molecule is CCOCC(O)COc1ccc(-c2ccc(OC[C@@H]3CO3)c(CC(O)COCC)c2)cc1CC1CO1. The number of epoxide rings is 2. The van der Waals surface area contributed by atoms with Crippen molar-refractivity contribution in [1.82, 2.24) is 0 Å². The van der Waals surface area contributed by atoms with Crippen LogP contribution in [0.3, 0.4) is 0 Å². The van der Waals surface area contributed by atoms with E-state index < -0.39 is 12.2 Å². The van der Waals surface area contributed by atoms with E-state index in [1.54, 1.807) is 0 Å². The molecule has 2 N–H and O–H groups in total. The van der Waals surface area contributed by atoms with Crippen LogP contribution in [0.15, 0.2) is 36.4 Å². The Hall–Kier alpha value is -2.20. The molecule has 8 heteroatoms. The molecule has 0 aliphatic carbocycles. The Morgan fingerprint density at radius 1 is 0.778 bits per heavy atom. The summed E-state index contributed by atoms with van der Waals surface area (Å²) in [6.45, 7) is 7.58. The number of aliphatic hydroxyl groups excluding tert-OH is 2. The van der Waals surface area contributed by atoms with E-state index >= 15 is 0 Å². The van der Waals surface area contributed by atoms with Gasteiger partial charge in [0.1, 0.15) is 36.9 Å². The maximum Gasteiger partial charge on any atom is 0.122 e. The molecule has 0 amide bonds. The third-order valence-corrected chi connectivity index (χ3v) is 6.05. The fourth-order valence-electron chi connectivity index (χ4n) is 3.95. The van der Waals surface area contributed by atoms with E-state index in [4.69, 9.17) is 28.4 Å². The molecule has 0 saturated carbocycles. The monoisotopic (exact) mass is 502 g/mol. The summed E-state index contributed by atoms with van der Waals surface area (Å²) < 4.78 is 33.4. The molecule has 2 fully saturated rings. The highest BCUT2D eigenvalue weighted by molar-refractivity contribution is 5.68. The fraction of sp³-hybridized carbons (Fsp3) is 0.571. The van der Waals surface area contributed by atoms with Crippen LogP contribution in [0.2, 0.25) is 0 Å². The minimum absolute atomic E-state index is 0.151. The molecule has 2 saturated heterocycles. The van der Waals surface area contributed by atoms with E-state index in [1.807, 2.05) is 38.1 Å². The van der Waals surface area contributed by atoms with Gasteiger partial charge >= 0.3 is 0 Å². The summed E-state index contributed by atoms with van der Waals surface area (Å²) in [4.78, 5) is 0. The molecule has 2 aromatic rings. The van der Waals surface area contributed by atoms with Gasteiger partial charge in [-0.25, -0.2) is 0 Å². The number of hydrogen-bond acceptors (Lipinski definition) is 8. The second kappa shape index (κ2) is 13.4. The van der Waals surface area contributed by atoms with Gasteiger partial charge in [0.15, 0.2) is 0 Å². The molecule has 4 atom stereocenters. The zero-order chi connectivity index (χ0) is 25.3. The molecule has 0 aromatic heterocycles. The van der Waals surface area contributed by atoms with Gasteiger partial charge < -0.3 is 38.6 Å². The van der Waals surface area contributed by atoms with Gasteiger partial charge in [0.2, 0.25) is 0 Å². The van der Waals surface area contributed by atoms with Gasteiger partial charge in [0.05, 0.1) is 38.6 Å². The van der Waals surface area contributed by atoms with Crippen molar-refractivity contribution in [2.75, 3.05) is 52.9 Å². The smallest absolute Gasteiger partial charge is 0.122 e. The van der Waals surface area contributed by atoms with Gasteiger partial charge in [-0.1, -0.05) is 12.1 Å². The number of aliphatic hydroxyl groups is 2. The van der Waals surface area contributed by atoms with Crippen LogP contribution in [0, 0.1) is 0 Å². The number of hydrogen-bond donors (Lipinski definition) is 2. The summed E-state index contributed by atoms with van der Waals surface area (Å²) in [5.74, 6) is 1.49. The Kier molecular flexibility index (Phi) is 9.98. The van der Waals surface area contributed by atoms with Crippen molar-refractivity contribution in [1.29, 1.82) is 0 Å². The van der Waals surface area contributed by atoms with E-state index in [1.165, 1.54) is 0 Å². The average molecular weight is 503 g/mol. The van der Waals surface area contributed by atoms with Crippen molar-refractivity contribution >= 4 is 0 Å². The lowest BCUT2D eigenvalue weighted by Gasteiger charge is -2.18. The number of rotatable bonds is 17. The summed E-state index contributed by atoms with van der Waals surface area (Å²) in [5.41, 5.74) is 4.00. The second-order valence-corrected chi connectivity index (χ2v) is 9.21. The second-order valence-electron chi connectivity index (χ2n) is 9.21. The summed E-state index contributed by atoms with van der Waals surface area (Å²) >= 11 is 0. The summed E-state index contributed by atoms with van der Waals surface area (Å²) in [6.07, 6.45) is 0.206. The maximum absolute atomic E-state index is 10.5. The van der Waals surface area contributed by atoms with Crippen molar-refractivity contribution in [3.05, 3.63) is 47.5 Å². The summed E-state index contributed by atoms with van der Waals surface area (Å²) in [6, 6.07) is 12.1. The quantitative estimate of drug-likeness (QED) is 0.319. The van der Waals surface area contributed by atoms with Gasteiger partial charge in [-0.15, -0.1) is 0 Å². The molecule has 36 heavy (non-hydrogen) atoms. The van der Waals surface area contributed by atoms with Crippen LogP contribution in [-0.4, -0.2) is 87.5 Å². The highest BCUT2D eigenvalue weighted by Gasteiger charge is 2.26. The largest absolute Gasteiger partial charge is 0.491 e. The van der Waals surface area contributed by atoms with Crippen LogP contribution in [0.1, 0.15) is 25.0 Å². The molecule has 198 valence electrons. The van der Waals surface area contributed by atoms with Crippen molar-refractivity contribution in [2.45, 2.75) is 51.1 Å². The van der Waals surface area contributed by atoms with Crippen LogP contribution >= 0.6 is 0 Å². The van der Waals surface area contributed by atoms with E-state index in [0.29, 0.717) is 26.2 Å². The zero-order valence-electron chi connectivity index (χ0n) is 21.2. The van der Waals surface area contributed by atoms with Gasteiger partial charge in [-0.3, -0.25) is 0 Å². The minimum Gasteiger partial charge on any atom is -0.491 e. The minimum atomic E-state index is -0.686. The lowest BCUT2D eigenvalue weighted by atomic mass is 9.96. The first kappa shape index (κ1) is 26.9. The highest BCUT2D eigenvalue weighted by atomic mass is 16.6. The van der Waals surface area contributed by atoms with Crippen molar-refractivity contribution in [3.8, 4) is 22.6 Å². The highest BCUT2D eigenvalue weighted by Crippen LogP contribution is 2.33. The van der Waals surface area contributed by atoms with Gasteiger partial charge in [-0.2, -0.15) is 0 Å². The third-order valence-electron chi connectivity index (χ3n) is 6.05. The van der Waals surface area contributed by atoms with Crippen molar-refractivity contribution < 1.29 is 38.6 Å². The molecule has 4 rings (SSSR count). The van der Waals surface area contributed by atoms with Crippen LogP contribution in [0.25, 0.3) is 11.1 Å². The lowest BCUT2D eigenvalue weighted by molar-refractivity contribution is 0.0162. The fourth-order valence-corrected chi connectivity index (χ4v) is 3.95. The molecule has 2 heterocycles. The molecular weight excluding hydrogens is 464 g/mol. The Balaban J connectivity index is 1.52. The predicted octanol–water partition coefficient (Wildman–Crippen LogP) is 2.79.